The van der Waals surface area contributed by atoms with E-state index in [0.29, 0.717) is 13.1 Å². The first kappa shape index (κ1) is 19.6. The van der Waals surface area contributed by atoms with Crippen LogP contribution in [-0.4, -0.2) is 58.6 Å². The smallest absolute Gasteiger partial charge is 0.471 e. The van der Waals surface area contributed by atoms with E-state index in [2.05, 4.69) is 14.7 Å². The zero-order chi connectivity index (χ0) is 20.9. The van der Waals surface area contributed by atoms with Gasteiger partial charge in [-0.2, -0.15) is 18.2 Å². The van der Waals surface area contributed by atoms with E-state index in [1.54, 1.807) is 11.8 Å². The number of hydrogen-bond acceptors (Lipinski definition) is 6. The van der Waals surface area contributed by atoms with E-state index in [1.165, 1.54) is 6.07 Å². The molecule has 4 rings (SSSR count). The van der Waals surface area contributed by atoms with E-state index in [0.717, 1.165) is 6.07 Å². The Kier molecular flexibility index (Phi) is 4.72. The van der Waals surface area contributed by atoms with Crippen LogP contribution in [0.4, 0.5) is 17.6 Å². The molecule has 2 aliphatic rings. The highest BCUT2D eigenvalue weighted by molar-refractivity contribution is 5.80. The molecule has 7 nitrogen and oxygen atoms in total. The number of carbonyl (C=O) groups excluding carboxylic acids is 1. The average molecular weight is 414 g/mol. The molecule has 0 bridgehead atoms. The van der Waals surface area contributed by atoms with Gasteiger partial charge >= 0.3 is 12.1 Å². The summed E-state index contributed by atoms with van der Waals surface area (Å²) in [6, 6.07) is 2.09. The molecule has 1 atom stereocenters. The first-order valence-electron chi connectivity index (χ1n) is 8.99. The SMILES string of the molecule is C[C@H]1COc2cc(-c3noc(C(F)(F)F)n3)cc(F)c2CN1C(=O)C1CN(C)C1. The van der Waals surface area contributed by atoms with Gasteiger partial charge < -0.3 is 19.1 Å². The third kappa shape index (κ3) is 3.66. The lowest BCUT2D eigenvalue weighted by Crippen LogP contribution is -2.54. The van der Waals surface area contributed by atoms with Crippen molar-refractivity contribution < 1.29 is 31.6 Å². The van der Waals surface area contributed by atoms with Crippen molar-refractivity contribution in [2.75, 3.05) is 26.7 Å². The van der Waals surface area contributed by atoms with Gasteiger partial charge in [0, 0.05) is 24.2 Å². The number of amides is 1. The lowest BCUT2D eigenvalue weighted by atomic mass is 9.98. The third-order valence-electron chi connectivity index (χ3n) is 5.12. The molecule has 0 aliphatic carbocycles. The van der Waals surface area contributed by atoms with Gasteiger partial charge in [-0.15, -0.1) is 0 Å². The van der Waals surface area contributed by atoms with Crippen molar-refractivity contribution in [2.45, 2.75) is 25.7 Å². The van der Waals surface area contributed by atoms with Crippen molar-refractivity contribution in [1.29, 1.82) is 0 Å². The van der Waals surface area contributed by atoms with E-state index < -0.39 is 23.7 Å². The number of alkyl halides is 3. The predicted molar refractivity (Wildman–Crippen MR) is 91.2 cm³/mol. The molecular weight excluding hydrogens is 396 g/mol. The maximum atomic E-state index is 14.8. The topological polar surface area (TPSA) is 71.7 Å². The van der Waals surface area contributed by atoms with E-state index in [1.807, 2.05) is 11.9 Å². The summed E-state index contributed by atoms with van der Waals surface area (Å²) >= 11 is 0. The summed E-state index contributed by atoms with van der Waals surface area (Å²) in [5.41, 5.74) is 0.159. The Balaban J connectivity index is 1.63. The van der Waals surface area contributed by atoms with E-state index in [9.17, 15) is 22.4 Å². The van der Waals surface area contributed by atoms with Gasteiger partial charge in [0.05, 0.1) is 18.5 Å². The number of nitrogens with zero attached hydrogens (tertiary/aromatic N) is 4. The molecular formula is C18H18F4N4O3. The maximum Gasteiger partial charge on any atom is 0.471 e. The molecule has 3 heterocycles. The fourth-order valence-corrected chi connectivity index (χ4v) is 3.49. The molecule has 0 saturated carbocycles. The summed E-state index contributed by atoms with van der Waals surface area (Å²) in [6.45, 7) is 3.25. The van der Waals surface area contributed by atoms with Crippen molar-refractivity contribution in [3.8, 4) is 17.1 Å². The van der Waals surface area contributed by atoms with Crippen LogP contribution in [0.25, 0.3) is 11.4 Å². The molecule has 0 unspecified atom stereocenters. The first-order chi connectivity index (χ1) is 13.6. The number of rotatable bonds is 2. The van der Waals surface area contributed by atoms with Crippen molar-refractivity contribution in [1.82, 2.24) is 19.9 Å². The Bertz CT molecular complexity index is 940. The molecule has 1 saturated heterocycles. The lowest BCUT2D eigenvalue weighted by molar-refractivity contribution is -0.159. The number of benzene rings is 1. The molecule has 1 aromatic carbocycles. The molecule has 2 aliphatic heterocycles. The van der Waals surface area contributed by atoms with Gasteiger partial charge in [-0.3, -0.25) is 4.79 Å². The standard InChI is InChI=1S/C18H18F4N4O3/c1-9-8-28-14-4-10(15-23-17(29-24-15)18(20,21)22)3-13(19)12(14)7-26(9)16(27)11-5-25(2)6-11/h3-4,9,11H,5-8H2,1-2H3/t9-/m0/s1. The fraction of sp³-hybridized carbons (Fsp3) is 0.500. The van der Waals surface area contributed by atoms with Crippen molar-refractivity contribution in [2.24, 2.45) is 5.92 Å². The highest BCUT2D eigenvalue weighted by Crippen LogP contribution is 2.35. The van der Waals surface area contributed by atoms with Gasteiger partial charge in [0.2, 0.25) is 11.7 Å². The molecule has 2 aromatic rings. The molecule has 0 radical (unpaired) electrons. The second-order valence-electron chi connectivity index (χ2n) is 7.40. The highest BCUT2D eigenvalue weighted by atomic mass is 19.4. The largest absolute Gasteiger partial charge is 0.491 e. The molecule has 1 amide bonds. The third-order valence-corrected chi connectivity index (χ3v) is 5.12. The minimum Gasteiger partial charge on any atom is -0.491 e. The highest BCUT2D eigenvalue weighted by Gasteiger charge is 2.39. The van der Waals surface area contributed by atoms with Gasteiger partial charge in [0.15, 0.2) is 0 Å². The van der Waals surface area contributed by atoms with Crippen LogP contribution in [-0.2, 0) is 17.5 Å². The van der Waals surface area contributed by atoms with Gasteiger partial charge in [-0.1, -0.05) is 5.16 Å². The van der Waals surface area contributed by atoms with Gasteiger partial charge in [-0.25, -0.2) is 4.39 Å². The van der Waals surface area contributed by atoms with Crippen LogP contribution in [0.2, 0.25) is 0 Å². The summed E-state index contributed by atoms with van der Waals surface area (Å²) in [7, 11) is 1.91. The number of hydrogen-bond donors (Lipinski definition) is 0. The van der Waals surface area contributed by atoms with E-state index in [4.69, 9.17) is 4.74 Å². The number of carbonyl (C=O) groups is 1. The Morgan fingerprint density at radius 3 is 2.62 bits per heavy atom. The summed E-state index contributed by atoms with van der Waals surface area (Å²) in [4.78, 5) is 19.7. The predicted octanol–water partition coefficient (Wildman–Crippen LogP) is 2.57. The lowest BCUT2D eigenvalue weighted by Gasteiger charge is -2.39. The number of halogens is 4. The fourth-order valence-electron chi connectivity index (χ4n) is 3.49. The maximum absolute atomic E-state index is 14.8. The molecule has 11 heteroatoms. The van der Waals surface area contributed by atoms with Crippen LogP contribution < -0.4 is 4.74 Å². The van der Waals surface area contributed by atoms with Crippen LogP contribution >= 0.6 is 0 Å². The van der Waals surface area contributed by atoms with Crippen molar-refractivity contribution >= 4 is 5.91 Å². The second kappa shape index (κ2) is 6.97. The molecule has 1 fully saturated rings. The Hall–Kier alpha value is -2.69. The summed E-state index contributed by atoms with van der Waals surface area (Å²) < 4.78 is 62.7. The van der Waals surface area contributed by atoms with Crippen LogP contribution in [0.3, 0.4) is 0 Å². The zero-order valence-corrected chi connectivity index (χ0v) is 15.7. The van der Waals surface area contributed by atoms with Crippen LogP contribution in [0, 0.1) is 11.7 Å². The summed E-state index contributed by atoms with van der Waals surface area (Å²) in [6.07, 6.45) is -4.79. The molecule has 1 aromatic heterocycles. The van der Waals surface area contributed by atoms with E-state index in [-0.39, 0.29) is 47.9 Å². The van der Waals surface area contributed by atoms with E-state index >= 15 is 0 Å². The summed E-state index contributed by atoms with van der Waals surface area (Å²) in [5.74, 6) is -2.68. The van der Waals surface area contributed by atoms with Crippen molar-refractivity contribution in [3.63, 3.8) is 0 Å². The molecule has 0 spiro atoms. The van der Waals surface area contributed by atoms with Crippen molar-refractivity contribution in [3.05, 3.63) is 29.4 Å². The average Bonchev–Trinajstić information content (AvgIpc) is 3.06. The zero-order valence-electron chi connectivity index (χ0n) is 15.7. The summed E-state index contributed by atoms with van der Waals surface area (Å²) in [5, 5.41) is 3.28. The number of aromatic nitrogens is 2. The monoisotopic (exact) mass is 414 g/mol. The van der Waals surface area contributed by atoms with Crippen LogP contribution in [0.1, 0.15) is 18.4 Å². The van der Waals surface area contributed by atoms with Crippen LogP contribution in [0.5, 0.6) is 5.75 Å². The Morgan fingerprint density at radius 1 is 1.28 bits per heavy atom. The first-order valence-corrected chi connectivity index (χ1v) is 8.99. The Morgan fingerprint density at radius 2 is 2.00 bits per heavy atom. The number of fused-ring (bicyclic) bond motifs is 1. The Labute approximate surface area is 163 Å². The quantitative estimate of drug-likeness (QED) is 0.704. The minimum absolute atomic E-state index is 0.00597. The normalized spacial score (nSPS) is 20.6. The molecule has 0 N–H and O–H groups in total. The number of ether oxygens (including phenoxy) is 1. The van der Waals surface area contributed by atoms with Gasteiger partial charge in [-0.05, 0) is 26.1 Å². The molecule has 156 valence electrons. The number of likely N-dealkylation sites (tertiary alicyclic amines) is 1. The van der Waals surface area contributed by atoms with Gasteiger partial charge in [0.1, 0.15) is 18.2 Å². The minimum atomic E-state index is -4.79. The molecule has 29 heavy (non-hydrogen) atoms. The second-order valence-corrected chi connectivity index (χ2v) is 7.40. The van der Waals surface area contributed by atoms with Crippen LogP contribution in [0.15, 0.2) is 16.7 Å². The van der Waals surface area contributed by atoms with Gasteiger partial charge in [0.25, 0.3) is 0 Å².